The van der Waals surface area contributed by atoms with Crippen LogP contribution in [0.2, 0.25) is 0 Å². The highest BCUT2D eigenvalue weighted by molar-refractivity contribution is 5.95. The largest absolute Gasteiger partial charge is 0.335 e. The zero-order valence-corrected chi connectivity index (χ0v) is 18.9. The third-order valence-electron chi connectivity index (χ3n) is 5.86. The Kier molecular flexibility index (Phi) is 5.23. The van der Waals surface area contributed by atoms with Crippen LogP contribution >= 0.6 is 0 Å². The molecule has 3 N–H and O–H groups in total. The Balaban J connectivity index is 1.45. The number of hydrogen-bond donors (Lipinski definition) is 3. The molecule has 0 spiro atoms. The lowest BCUT2D eigenvalue weighted by Crippen LogP contribution is -2.11. The van der Waals surface area contributed by atoms with Crippen molar-refractivity contribution in [3.8, 4) is 33.9 Å². The van der Waals surface area contributed by atoms with Crippen LogP contribution in [0.5, 0.6) is 0 Å². The SMILES string of the molecule is CCNCc1cncc(-c2ccc3[nH]nc(-c4nc5c(-c6ccccc6F)cncc5[nH]4)c3n2)c1. The number of aromatic nitrogens is 7. The standard InChI is InChI=1S/C26H21FN8/c1-2-28-10-15-9-16(12-29-11-15)20-7-8-21-24(31-20)25(35-34-21)26-32-22-14-30-13-18(23(22)33-26)17-5-3-4-6-19(17)27/h3-9,11-14,28H,2,10H2,1H3,(H,32,33)(H,34,35). The highest BCUT2D eigenvalue weighted by Gasteiger charge is 2.18. The third kappa shape index (κ3) is 3.81. The summed E-state index contributed by atoms with van der Waals surface area (Å²) < 4.78 is 14.5. The van der Waals surface area contributed by atoms with Crippen LogP contribution in [0, 0.1) is 5.82 Å². The summed E-state index contributed by atoms with van der Waals surface area (Å²) in [6.07, 6.45) is 6.95. The molecule has 1 aromatic carbocycles. The summed E-state index contributed by atoms with van der Waals surface area (Å²) in [5, 5.41) is 10.8. The first-order valence-electron chi connectivity index (χ1n) is 11.3. The van der Waals surface area contributed by atoms with E-state index in [4.69, 9.17) is 9.97 Å². The molecule has 0 aliphatic rings. The number of hydrogen-bond acceptors (Lipinski definition) is 6. The number of aromatic amines is 2. The number of halogens is 1. The van der Waals surface area contributed by atoms with Crippen molar-refractivity contribution < 1.29 is 4.39 Å². The van der Waals surface area contributed by atoms with Crippen molar-refractivity contribution in [3.05, 3.63) is 78.6 Å². The van der Waals surface area contributed by atoms with E-state index in [1.165, 1.54) is 6.07 Å². The Labute approximate surface area is 199 Å². The van der Waals surface area contributed by atoms with Crippen molar-refractivity contribution in [2.75, 3.05) is 6.54 Å². The zero-order chi connectivity index (χ0) is 23.8. The van der Waals surface area contributed by atoms with Crippen LogP contribution in [-0.2, 0) is 6.54 Å². The van der Waals surface area contributed by atoms with Crippen molar-refractivity contribution in [2.24, 2.45) is 0 Å². The molecule has 9 heteroatoms. The predicted octanol–water partition coefficient (Wildman–Crippen LogP) is 4.87. The van der Waals surface area contributed by atoms with E-state index < -0.39 is 0 Å². The van der Waals surface area contributed by atoms with Gasteiger partial charge in [-0.1, -0.05) is 25.1 Å². The Morgan fingerprint density at radius 2 is 1.77 bits per heavy atom. The van der Waals surface area contributed by atoms with E-state index in [0.717, 1.165) is 35.4 Å². The maximum Gasteiger partial charge on any atom is 0.161 e. The van der Waals surface area contributed by atoms with Crippen molar-refractivity contribution in [3.63, 3.8) is 0 Å². The minimum Gasteiger partial charge on any atom is -0.335 e. The van der Waals surface area contributed by atoms with Crippen LogP contribution in [0.4, 0.5) is 4.39 Å². The molecule has 0 unspecified atom stereocenters. The number of nitrogens with zero attached hydrogens (tertiary/aromatic N) is 5. The third-order valence-corrected chi connectivity index (χ3v) is 5.86. The summed E-state index contributed by atoms with van der Waals surface area (Å²) in [6, 6.07) is 12.6. The molecule has 0 amide bonds. The quantitative estimate of drug-likeness (QED) is 0.324. The van der Waals surface area contributed by atoms with Gasteiger partial charge in [0.1, 0.15) is 16.9 Å². The number of imidazole rings is 1. The molecule has 5 heterocycles. The fourth-order valence-corrected chi connectivity index (χ4v) is 4.14. The lowest BCUT2D eigenvalue weighted by molar-refractivity contribution is 0.631. The van der Waals surface area contributed by atoms with Crippen LogP contribution < -0.4 is 5.32 Å². The maximum absolute atomic E-state index is 14.5. The molecular weight excluding hydrogens is 443 g/mol. The van der Waals surface area contributed by atoms with Crippen LogP contribution in [-0.4, -0.2) is 41.7 Å². The normalized spacial score (nSPS) is 11.5. The van der Waals surface area contributed by atoms with E-state index in [-0.39, 0.29) is 5.82 Å². The number of nitrogens with one attached hydrogen (secondary N) is 3. The number of pyridine rings is 3. The van der Waals surface area contributed by atoms with Gasteiger partial charge in [-0.2, -0.15) is 5.10 Å². The Morgan fingerprint density at radius 1 is 0.886 bits per heavy atom. The summed E-state index contributed by atoms with van der Waals surface area (Å²) in [6.45, 7) is 3.70. The fourth-order valence-electron chi connectivity index (χ4n) is 4.14. The number of rotatable bonds is 6. The highest BCUT2D eigenvalue weighted by Crippen LogP contribution is 2.32. The molecule has 0 fully saturated rings. The van der Waals surface area contributed by atoms with Gasteiger partial charge in [0.05, 0.1) is 22.9 Å². The second-order valence-electron chi connectivity index (χ2n) is 8.18. The van der Waals surface area contributed by atoms with Gasteiger partial charge < -0.3 is 10.3 Å². The monoisotopic (exact) mass is 464 g/mol. The predicted molar refractivity (Wildman–Crippen MR) is 133 cm³/mol. The number of H-pyrrole nitrogens is 2. The van der Waals surface area contributed by atoms with Crippen LogP contribution in [0.1, 0.15) is 12.5 Å². The summed E-state index contributed by atoms with van der Waals surface area (Å²) in [5.74, 6) is 0.202. The average molecular weight is 465 g/mol. The first kappa shape index (κ1) is 21.1. The summed E-state index contributed by atoms with van der Waals surface area (Å²) in [7, 11) is 0. The molecule has 172 valence electrons. The fraction of sp³-hybridized carbons (Fsp3) is 0.115. The van der Waals surface area contributed by atoms with Crippen molar-refractivity contribution in [2.45, 2.75) is 13.5 Å². The average Bonchev–Trinajstić information content (AvgIpc) is 3.51. The molecule has 0 aliphatic carbocycles. The van der Waals surface area contributed by atoms with E-state index in [0.29, 0.717) is 39.2 Å². The lowest BCUT2D eigenvalue weighted by atomic mass is 10.1. The van der Waals surface area contributed by atoms with Gasteiger partial charge >= 0.3 is 0 Å². The van der Waals surface area contributed by atoms with Gasteiger partial charge in [-0.15, -0.1) is 0 Å². The number of benzene rings is 1. The van der Waals surface area contributed by atoms with E-state index in [2.05, 4.69) is 43.5 Å². The Morgan fingerprint density at radius 3 is 2.66 bits per heavy atom. The van der Waals surface area contributed by atoms with Crippen LogP contribution in [0.15, 0.2) is 67.3 Å². The Bertz CT molecular complexity index is 1670. The first-order valence-corrected chi connectivity index (χ1v) is 11.3. The molecule has 35 heavy (non-hydrogen) atoms. The molecule has 0 atom stereocenters. The van der Waals surface area contributed by atoms with Gasteiger partial charge in [-0.05, 0) is 36.4 Å². The summed E-state index contributed by atoms with van der Waals surface area (Å²) in [4.78, 5) is 21.6. The zero-order valence-electron chi connectivity index (χ0n) is 18.9. The van der Waals surface area contributed by atoms with Gasteiger partial charge in [0.15, 0.2) is 11.5 Å². The number of fused-ring (bicyclic) bond motifs is 2. The van der Waals surface area contributed by atoms with Gasteiger partial charge in [-0.25, -0.2) is 14.4 Å². The maximum atomic E-state index is 14.5. The molecule has 6 aromatic rings. The molecule has 0 aliphatic heterocycles. The van der Waals surface area contributed by atoms with Gasteiger partial charge in [0, 0.05) is 41.8 Å². The molecule has 0 bridgehead atoms. The van der Waals surface area contributed by atoms with Crippen molar-refractivity contribution in [1.29, 1.82) is 0 Å². The van der Waals surface area contributed by atoms with Crippen LogP contribution in [0.25, 0.3) is 56.0 Å². The molecule has 0 radical (unpaired) electrons. The van der Waals surface area contributed by atoms with Gasteiger partial charge in [-0.3, -0.25) is 15.1 Å². The lowest BCUT2D eigenvalue weighted by Gasteiger charge is -2.05. The van der Waals surface area contributed by atoms with Gasteiger partial charge in [0.25, 0.3) is 0 Å². The van der Waals surface area contributed by atoms with E-state index >= 15 is 0 Å². The topological polar surface area (TPSA) is 108 Å². The van der Waals surface area contributed by atoms with E-state index in [9.17, 15) is 4.39 Å². The molecular formula is C26H21FN8. The minimum atomic E-state index is -0.326. The second-order valence-corrected chi connectivity index (χ2v) is 8.18. The first-order chi connectivity index (χ1) is 17.2. The molecule has 0 saturated carbocycles. The smallest absolute Gasteiger partial charge is 0.161 e. The van der Waals surface area contributed by atoms with Crippen molar-refractivity contribution in [1.82, 2.24) is 40.4 Å². The van der Waals surface area contributed by atoms with E-state index in [1.54, 1.807) is 36.8 Å². The Hall–Kier alpha value is -4.50. The van der Waals surface area contributed by atoms with E-state index in [1.807, 2.05) is 18.3 Å². The molecule has 6 rings (SSSR count). The molecule has 8 nitrogen and oxygen atoms in total. The molecule has 0 saturated heterocycles. The second kappa shape index (κ2) is 8.69. The molecule has 5 aromatic heterocycles. The van der Waals surface area contributed by atoms with Gasteiger partial charge in [0.2, 0.25) is 0 Å². The summed E-state index contributed by atoms with van der Waals surface area (Å²) >= 11 is 0. The summed E-state index contributed by atoms with van der Waals surface area (Å²) in [5.41, 5.74) is 7.20. The minimum absolute atomic E-state index is 0.326. The van der Waals surface area contributed by atoms with Crippen LogP contribution in [0.3, 0.4) is 0 Å². The highest BCUT2D eigenvalue weighted by atomic mass is 19.1. The van der Waals surface area contributed by atoms with Crippen molar-refractivity contribution >= 4 is 22.1 Å².